The molecule has 0 aromatic rings. The van der Waals surface area contributed by atoms with E-state index in [9.17, 15) is 9.59 Å². The van der Waals surface area contributed by atoms with Crippen molar-refractivity contribution >= 4 is 11.8 Å². The van der Waals surface area contributed by atoms with Crippen LogP contribution in [0.3, 0.4) is 0 Å². The number of Topliss-reactive ketones (excluding diaryl/α,β-unsaturated/α-hetero) is 1. The van der Waals surface area contributed by atoms with Crippen molar-refractivity contribution in [1.82, 2.24) is 4.90 Å². The molecular formula is C11H19NO3. The lowest BCUT2D eigenvalue weighted by Gasteiger charge is -2.25. The Balaban J connectivity index is 2.09. The average Bonchev–Trinajstić information content (AvgIpc) is 2.18. The third kappa shape index (κ3) is 4.93. The molecule has 4 nitrogen and oxygen atoms in total. The molecule has 0 amide bonds. The topological polar surface area (TPSA) is 46.6 Å². The van der Waals surface area contributed by atoms with Gasteiger partial charge in [-0.25, -0.2) is 0 Å². The first-order valence-corrected chi connectivity index (χ1v) is 5.62. The minimum Gasteiger partial charge on any atom is -0.466 e. The highest BCUT2D eigenvalue weighted by Gasteiger charge is 2.16. The van der Waals surface area contributed by atoms with Gasteiger partial charge in [-0.05, 0) is 32.9 Å². The summed E-state index contributed by atoms with van der Waals surface area (Å²) in [5.41, 5.74) is 0. The summed E-state index contributed by atoms with van der Waals surface area (Å²) >= 11 is 0. The van der Waals surface area contributed by atoms with Crippen LogP contribution in [-0.4, -0.2) is 42.9 Å². The van der Waals surface area contributed by atoms with E-state index in [1.54, 1.807) is 6.92 Å². The molecule has 0 bridgehead atoms. The molecule has 0 aromatic carbocycles. The predicted molar refractivity (Wildman–Crippen MR) is 56.5 cm³/mol. The van der Waals surface area contributed by atoms with Gasteiger partial charge in [0.25, 0.3) is 0 Å². The van der Waals surface area contributed by atoms with Crippen LogP contribution in [0.1, 0.15) is 32.6 Å². The summed E-state index contributed by atoms with van der Waals surface area (Å²) in [7, 11) is 0. The quantitative estimate of drug-likeness (QED) is 0.639. The molecule has 0 aliphatic carbocycles. The molecule has 0 N–H and O–H groups in total. The number of hydrogen-bond donors (Lipinski definition) is 0. The molecule has 0 unspecified atom stereocenters. The molecule has 1 saturated heterocycles. The van der Waals surface area contributed by atoms with E-state index in [1.165, 1.54) is 0 Å². The molecule has 1 aliphatic rings. The highest BCUT2D eigenvalue weighted by Crippen LogP contribution is 2.07. The maximum absolute atomic E-state index is 11.1. The molecule has 0 radical (unpaired) electrons. The molecular weight excluding hydrogens is 194 g/mol. The molecule has 0 spiro atoms. The Kier molecular flexibility index (Phi) is 5.32. The number of ether oxygens (including phenoxy) is 1. The minimum absolute atomic E-state index is 0.138. The predicted octanol–water partition coefficient (Wildman–Crippen LogP) is 0.995. The van der Waals surface area contributed by atoms with E-state index in [4.69, 9.17) is 4.74 Å². The van der Waals surface area contributed by atoms with Gasteiger partial charge in [0.1, 0.15) is 5.78 Å². The van der Waals surface area contributed by atoms with Gasteiger partial charge in [0.05, 0.1) is 13.2 Å². The number of likely N-dealkylation sites (tertiary alicyclic amines) is 1. The molecule has 4 heteroatoms. The largest absolute Gasteiger partial charge is 0.466 e. The third-order valence-electron chi connectivity index (χ3n) is 2.49. The van der Waals surface area contributed by atoms with E-state index in [2.05, 4.69) is 4.90 Å². The number of ketones is 1. The first-order valence-electron chi connectivity index (χ1n) is 5.62. The maximum atomic E-state index is 11.1. The highest BCUT2D eigenvalue weighted by atomic mass is 16.5. The van der Waals surface area contributed by atoms with Gasteiger partial charge in [-0.1, -0.05) is 0 Å². The summed E-state index contributed by atoms with van der Waals surface area (Å²) in [6, 6.07) is 0. The van der Waals surface area contributed by atoms with Crippen molar-refractivity contribution in [3.8, 4) is 0 Å². The summed E-state index contributed by atoms with van der Waals surface area (Å²) in [5.74, 6) is 0.179. The second kappa shape index (κ2) is 6.56. The Morgan fingerprint density at radius 1 is 1.53 bits per heavy atom. The normalized spacial score (nSPS) is 17.8. The van der Waals surface area contributed by atoms with Gasteiger partial charge < -0.3 is 4.74 Å². The van der Waals surface area contributed by atoms with E-state index in [0.717, 1.165) is 25.9 Å². The summed E-state index contributed by atoms with van der Waals surface area (Å²) in [6.45, 7) is 4.62. The van der Waals surface area contributed by atoms with Crippen molar-refractivity contribution in [2.45, 2.75) is 32.6 Å². The smallest absolute Gasteiger partial charge is 0.305 e. The average molecular weight is 213 g/mol. The SMILES string of the molecule is CCOC(=O)CCCN1CCCC(=O)C1. The number of nitrogens with zero attached hydrogens (tertiary/aromatic N) is 1. The maximum Gasteiger partial charge on any atom is 0.305 e. The van der Waals surface area contributed by atoms with Crippen molar-refractivity contribution in [2.75, 3.05) is 26.2 Å². The van der Waals surface area contributed by atoms with Gasteiger partial charge in [0, 0.05) is 12.8 Å². The van der Waals surface area contributed by atoms with Crippen LogP contribution in [-0.2, 0) is 14.3 Å². The summed E-state index contributed by atoms with van der Waals surface area (Å²) < 4.78 is 4.83. The van der Waals surface area contributed by atoms with Gasteiger partial charge in [0.15, 0.2) is 0 Å². The molecule has 1 aliphatic heterocycles. The van der Waals surface area contributed by atoms with E-state index < -0.39 is 0 Å². The molecule has 1 heterocycles. The fraction of sp³-hybridized carbons (Fsp3) is 0.818. The van der Waals surface area contributed by atoms with E-state index in [0.29, 0.717) is 31.8 Å². The lowest BCUT2D eigenvalue weighted by molar-refractivity contribution is -0.143. The van der Waals surface area contributed by atoms with E-state index in [1.807, 2.05) is 0 Å². The number of carbonyl (C=O) groups excluding carboxylic acids is 2. The standard InChI is InChI=1S/C11H19NO3/c1-2-15-11(14)6-4-8-12-7-3-5-10(13)9-12/h2-9H2,1H3. The minimum atomic E-state index is -0.138. The van der Waals surface area contributed by atoms with Crippen LogP contribution >= 0.6 is 0 Å². The summed E-state index contributed by atoms with van der Waals surface area (Å²) in [6.07, 6.45) is 2.91. The van der Waals surface area contributed by atoms with Crippen LogP contribution in [0, 0.1) is 0 Å². The van der Waals surface area contributed by atoms with Gasteiger partial charge in [-0.2, -0.15) is 0 Å². The van der Waals surface area contributed by atoms with Crippen LogP contribution in [0.25, 0.3) is 0 Å². The van der Waals surface area contributed by atoms with Gasteiger partial charge >= 0.3 is 5.97 Å². The number of hydrogen-bond acceptors (Lipinski definition) is 4. The number of esters is 1. The lowest BCUT2D eigenvalue weighted by atomic mass is 10.1. The van der Waals surface area contributed by atoms with Crippen molar-refractivity contribution in [2.24, 2.45) is 0 Å². The Morgan fingerprint density at radius 3 is 3.00 bits per heavy atom. The highest BCUT2D eigenvalue weighted by molar-refractivity contribution is 5.81. The zero-order chi connectivity index (χ0) is 11.1. The second-order valence-electron chi connectivity index (χ2n) is 3.83. The van der Waals surface area contributed by atoms with E-state index >= 15 is 0 Å². The Labute approximate surface area is 90.6 Å². The van der Waals surface area contributed by atoms with Crippen molar-refractivity contribution in [3.63, 3.8) is 0 Å². The molecule has 0 saturated carbocycles. The number of piperidine rings is 1. The van der Waals surface area contributed by atoms with Crippen LogP contribution in [0.4, 0.5) is 0 Å². The molecule has 1 fully saturated rings. The fourth-order valence-corrected chi connectivity index (χ4v) is 1.78. The van der Waals surface area contributed by atoms with Crippen LogP contribution < -0.4 is 0 Å². The molecule has 15 heavy (non-hydrogen) atoms. The molecule has 0 atom stereocenters. The molecule has 0 aromatic heterocycles. The molecule has 1 rings (SSSR count). The summed E-state index contributed by atoms with van der Waals surface area (Å²) in [4.78, 5) is 24.3. The Morgan fingerprint density at radius 2 is 2.33 bits per heavy atom. The van der Waals surface area contributed by atoms with Crippen molar-refractivity contribution < 1.29 is 14.3 Å². The van der Waals surface area contributed by atoms with Crippen LogP contribution in [0.5, 0.6) is 0 Å². The summed E-state index contributed by atoms with van der Waals surface area (Å²) in [5, 5.41) is 0. The third-order valence-corrected chi connectivity index (χ3v) is 2.49. The van der Waals surface area contributed by atoms with Crippen molar-refractivity contribution in [1.29, 1.82) is 0 Å². The first-order chi connectivity index (χ1) is 7.22. The Hall–Kier alpha value is -0.900. The zero-order valence-corrected chi connectivity index (χ0v) is 9.33. The fourth-order valence-electron chi connectivity index (χ4n) is 1.78. The monoisotopic (exact) mass is 213 g/mol. The van der Waals surface area contributed by atoms with Crippen LogP contribution in [0.2, 0.25) is 0 Å². The zero-order valence-electron chi connectivity index (χ0n) is 9.33. The van der Waals surface area contributed by atoms with Crippen LogP contribution in [0.15, 0.2) is 0 Å². The molecule has 86 valence electrons. The van der Waals surface area contributed by atoms with Gasteiger partial charge in [-0.3, -0.25) is 14.5 Å². The second-order valence-corrected chi connectivity index (χ2v) is 3.83. The van der Waals surface area contributed by atoms with Gasteiger partial charge in [0.2, 0.25) is 0 Å². The Bertz CT molecular complexity index is 228. The number of carbonyl (C=O) groups is 2. The van der Waals surface area contributed by atoms with Gasteiger partial charge in [-0.15, -0.1) is 0 Å². The first kappa shape index (κ1) is 12.2. The number of rotatable bonds is 5. The van der Waals surface area contributed by atoms with E-state index in [-0.39, 0.29) is 5.97 Å². The van der Waals surface area contributed by atoms with Crippen molar-refractivity contribution in [3.05, 3.63) is 0 Å². The lowest BCUT2D eigenvalue weighted by Crippen LogP contribution is -2.36.